The van der Waals surface area contributed by atoms with Gasteiger partial charge in [-0.25, -0.2) is 8.42 Å². The Hall–Kier alpha value is -3.01. The lowest BCUT2D eigenvalue weighted by atomic mass is 9.91. The first-order valence-electron chi connectivity index (χ1n) is 10.1. The Labute approximate surface area is 197 Å². The number of sulfonamides is 1. The molecule has 1 N–H and O–H groups in total. The van der Waals surface area contributed by atoms with Gasteiger partial charge in [0.05, 0.1) is 36.1 Å². The highest BCUT2D eigenvalue weighted by Crippen LogP contribution is 2.45. The fourth-order valence-electron chi connectivity index (χ4n) is 4.04. The van der Waals surface area contributed by atoms with Gasteiger partial charge in [0, 0.05) is 25.1 Å². The molecular formula is C23H23ClN2O6S. The molecule has 0 aliphatic carbocycles. The Kier molecular flexibility index (Phi) is 6.38. The number of methoxy groups -OCH3 is 2. The van der Waals surface area contributed by atoms with Gasteiger partial charge in [-0.05, 0) is 48.4 Å². The summed E-state index contributed by atoms with van der Waals surface area (Å²) in [6, 6.07) is 10.5. The molecule has 0 spiro atoms. The number of hydrogen-bond acceptors (Lipinski definition) is 6. The number of benzene rings is 2. The highest BCUT2D eigenvalue weighted by atomic mass is 35.5. The standard InChI is InChI=1S/C23H23ClN2O6S/c1-14(27)25-19-7-6-17(13-18(19)24)33(28,29)26-9-8-15-11-16(30-2)12-21(31-3)22(15)23(26)20-5-4-10-32-20/h4-7,10-13,23H,8-9H2,1-3H3,(H,25,27). The van der Waals surface area contributed by atoms with Gasteiger partial charge in [0.15, 0.2) is 0 Å². The van der Waals surface area contributed by atoms with Crippen molar-refractivity contribution in [3.8, 4) is 11.5 Å². The van der Waals surface area contributed by atoms with E-state index in [-0.39, 0.29) is 22.4 Å². The van der Waals surface area contributed by atoms with E-state index in [0.29, 0.717) is 34.9 Å². The second kappa shape index (κ2) is 9.09. The minimum absolute atomic E-state index is 0.00841. The number of rotatable bonds is 6. The van der Waals surface area contributed by atoms with Gasteiger partial charge in [-0.2, -0.15) is 4.31 Å². The van der Waals surface area contributed by atoms with Crippen LogP contribution in [-0.4, -0.2) is 39.4 Å². The predicted molar refractivity (Wildman–Crippen MR) is 123 cm³/mol. The van der Waals surface area contributed by atoms with E-state index in [9.17, 15) is 13.2 Å². The van der Waals surface area contributed by atoms with Crippen molar-refractivity contribution in [1.82, 2.24) is 4.31 Å². The highest BCUT2D eigenvalue weighted by Gasteiger charge is 2.41. The zero-order chi connectivity index (χ0) is 23.8. The molecule has 3 aromatic rings. The van der Waals surface area contributed by atoms with Crippen molar-refractivity contribution in [2.75, 3.05) is 26.1 Å². The highest BCUT2D eigenvalue weighted by molar-refractivity contribution is 7.89. The van der Waals surface area contributed by atoms with Gasteiger partial charge in [-0.3, -0.25) is 4.79 Å². The summed E-state index contributed by atoms with van der Waals surface area (Å²) in [4.78, 5) is 11.4. The van der Waals surface area contributed by atoms with Crippen LogP contribution in [0.15, 0.2) is 58.0 Å². The van der Waals surface area contributed by atoms with E-state index in [1.165, 1.54) is 42.8 Å². The quantitative estimate of drug-likeness (QED) is 0.555. The number of nitrogens with zero attached hydrogens (tertiary/aromatic N) is 1. The first-order chi connectivity index (χ1) is 15.8. The number of amides is 1. The molecule has 1 aromatic heterocycles. The zero-order valence-electron chi connectivity index (χ0n) is 18.3. The third-order valence-electron chi connectivity index (χ3n) is 5.49. The third-order valence-corrected chi connectivity index (χ3v) is 7.66. The van der Waals surface area contributed by atoms with Crippen molar-refractivity contribution in [2.45, 2.75) is 24.3 Å². The molecule has 10 heteroatoms. The van der Waals surface area contributed by atoms with E-state index in [0.717, 1.165) is 5.56 Å². The monoisotopic (exact) mass is 490 g/mol. The molecule has 0 saturated carbocycles. The maximum Gasteiger partial charge on any atom is 0.244 e. The van der Waals surface area contributed by atoms with E-state index in [1.807, 2.05) is 6.07 Å². The predicted octanol–water partition coefficient (Wildman–Crippen LogP) is 4.25. The number of furan rings is 1. The van der Waals surface area contributed by atoms with E-state index in [2.05, 4.69) is 5.32 Å². The summed E-state index contributed by atoms with van der Waals surface area (Å²) >= 11 is 6.27. The van der Waals surface area contributed by atoms with E-state index < -0.39 is 16.1 Å². The van der Waals surface area contributed by atoms with Crippen LogP contribution in [0.3, 0.4) is 0 Å². The number of carbonyl (C=O) groups excluding carboxylic acids is 1. The second-order valence-corrected chi connectivity index (χ2v) is 9.81. The normalized spacial score (nSPS) is 16.2. The molecule has 1 aliphatic rings. The van der Waals surface area contributed by atoms with Crippen LogP contribution in [0.4, 0.5) is 5.69 Å². The Morgan fingerprint density at radius 3 is 2.58 bits per heavy atom. The number of fused-ring (bicyclic) bond motifs is 1. The van der Waals surface area contributed by atoms with Gasteiger partial charge in [-0.15, -0.1) is 0 Å². The summed E-state index contributed by atoms with van der Waals surface area (Å²) in [6.45, 7) is 1.56. The Morgan fingerprint density at radius 1 is 1.18 bits per heavy atom. The van der Waals surface area contributed by atoms with Gasteiger partial charge in [-0.1, -0.05) is 11.6 Å². The first kappa shape index (κ1) is 23.2. The molecule has 0 radical (unpaired) electrons. The van der Waals surface area contributed by atoms with Crippen molar-refractivity contribution in [3.63, 3.8) is 0 Å². The molecule has 1 amide bonds. The van der Waals surface area contributed by atoms with Crippen molar-refractivity contribution in [3.05, 3.63) is 70.6 Å². The van der Waals surface area contributed by atoms with Gasteiger partial charge in [0.2, 0.25) is 15.9 Å². The van der Waals surface area contributed by atoms with Gasteiger partial charge in [0.1, 0.15) is 23.3 Å². The van der Waals surface area contributed by atoms with Gasteiger partial charge in [0.25, 0.3) is 0 Å². The maximum atomic E-state index is 13.8. The average Bonchev–Trinajstić information content (AvgIpc) is 3.33. The molecule has 174 valence electrons. The van der Waals surface area contributed by atoms with Crippen LogP contribution in [-0.2, 0) is 21.2 Å². The van der Waals surface area contributed by atoms with Crippen molar-refractivity contribution in [2.24, 2.45) is 0 Å². The SMILES string of the molecule is COc1cc2c(c(OC)c1)C(c1ccco1)N(S(=O)(=O)c1ccc(NC(C)=O)c(Cl)c1)CC2. The molecule has 1 atom stereocenters. The third kappa shape index (κ3) is 4.31. The van der Waals surface area contributed by atoms with Crippen LogP contribution in [0.25, 0.3) is 0 Å². The number of ether oxygens (including phenoxy) is 2. The lowest BCUT2D eigenvalue weighted by Gasteiger charge is -2.36. The van der Waals surface area contributed by atoms with Crippen LogP contribution < -0.4 is 14.8 Å². The molecule has 0 fully saturated rings. The number of halogens is 1. The van der Waals surface area contributed by atoms with Crippen molar-refractivity contribution >= 4 is 33.2 Å². The fourth-order valence-corrected chi connectivity index (χ4v) is 5.93. The number of carbonyl (C=O) groups is 1. The molecule has 2 aromatic carbocycles. The van der Waals surface area contributed by atoms with Gasteiger partial charge < -0.3 is 19.2 Å². The van der Waals surface area contributed by atoms with Crippen LogP contribution >= 0.6 is 11.6 Å². The fraction of sp³-hybridized carbons (Fsp3) is 0.261. The smallest absolute Gasteiger partial charge is 0.244 e. The second-order valence-electron chi connectivity index (χ2n) is 7.51. The lowest BCUT2D eigenvalue weighted by Crippen LogP contribution is -2.40. The molecule has 8 nitrogen and oxygen atoms in total. The van der Waals surface area contributed by atoms with Crippen LogP contribution in [0.5, 0.6) is 11.5 Å². The molecular weight excluding hydrogens is 468 g/mol. The molecule has 0 saturated heterocycles. The molecule has 1 unspecified atom stereocenters. The van der Waals surface area contributed by atoms with Crippen LogP contribution in [0.1, 0.15) is 29.9 Å². The summed E-state index contributed by atoms with van der Waals surface area (Å²) < 4.78 is 45.6. The van der Waals surface area contributed by atoms with E-state index in [4.69, 9.17) is 25.5 Å². The largest absolute Gasteiger partial charge is 0.497 e. The molecule has 1 aliphatic heterocycles. The molecule has 2 heterocycles. The van der Waals surface area contributed by atoms with E-state index in [1.54, 1.807) is 25.3 Å². The molecule has 4 rings (SSSR count). The Bertz CT molecular complexity index is 1270. The van der Waals surface area contributed by atoms with Crippen molar-refractivity contribution in [1.29, 1.82) is 0 Å². The lowest BCUT2D eigenvalue weighted by molar-refractivity contribution is -0.114. The van der Waals surface area contributed by atoms with Crippen molar-refractivity contribution < 1.29 is 27.1 Å². The number of hydrogen-bond donors (Lipinski definition) is 1. The first-order valence-corrected chi connectivity index (χ1v) is 11.9. The number of anilines is 1. The summed E-state index contributed by atoms with van der Waals surface area (Å²) in [5.74, 6) is 1.29. The zero-order valence-corrected chi connectivity index (χ0v) is 19.9. The van der Waals surface area contributed by atoms with Crippen LogP contribution in [0, 0.1) is 0 Å². The summed E-state index contributed by atoms with van der Waals surface area (Å²) in [7, 11) is -0.900. The number of nitrogens with one attached hydrogen (secondary N) is 1. The molecule has 33 heavy (non-hydrogen) atoms. The minimum atomic E-state index is -4.00. The topological polar surface area (TPSA) is 98.1 Å². The Morgan fingerprint density at radius 2 is 1.97 bits per heavy atom. The van der Waals surface area contributed by atoms with Crippen LogP contribution in [0.2, 0.25) is 5.02 Å². The van der Waals surface area contributed by atoms with Gasteiger partial charge >= 0.3 is 0 Å². The summed E-state index contributed by atoms with van der Waals surface area (Å²) in [6.07, 6.45) is 1.96. The minimum Gasteiger partial charge on any atom is -0.497 e. The summed E-state index contributed by atoms with van der Waals surface area (Å²) in [5, 5.41) is 2.70. The summed E-state index contributed by atoms with van der Waals surface area (Å²) in [5.41, 5.74) is 1.95. The Balaban J connectivity index is 1.84. The molecule has 0 bridgehead atoms. The average molecular weight is 491 g/mol. The maximum absolute atomic E-state index is 13.8. The van der Waals surface area contributed by atoms with E-state index >= 15 is 0 Å².